The molecule has 2 N–H and O–H groups in total. The molecule has 1 fully saturated rings. The Morgan fingerprint density at radius 3 is 2.60 bits per heavy atom. The van der Waals surface area contributed by atoms with Gasteiger partial charge in [-0.2, -0.15) is 0 Å². The van der Waals surface area contributed by atoms with Crippen molar-refractivity contribution in [1.82, 2.24) is 9.97 Å². The number of nitrogen functional groups attached to an aromatic ring is 1. The van der Waals surface area contributed by atoms with Crippen molar-refractivity contribution in [3.8, 4) is 11.1 Å². The monoisotopic (exact) mass is 281 g/mol. The minimum absolute atomic E-state index is 0.518. The van der Waals surface area contributed by atoms with Gasteiger partial charge in [-0.3, -0.25) is 0 Å². The van der Waals surface area contributed by atoms with Gasteiger partial charge in [-0.1, -0.05) is 36.8 Å². The van der Waals surface area contributed by atoms with E-state index in [0.29, 0.717) is 11.7 Å². The standard InChI is InChI=1S/C16H15N3S/c17-14-13-12(10-5-2-1-3-6-10)9-20-16(13)19-15(18-14)11-7-4-8-11/h1-3,5-6,9,11H,4,7-8H2,(H2,17,18,19). The highest BCUT2D eigenvalue weighted by Crippen LogP contribution is 2.39. The molecule has 2 aromatic heterocycles. The summed E-state index contributed by atoms with van der Waals surface area (Å²) in [6, 6.07) is 10.3. The van der Waals surface area contributed by atoms with Gasteiger partial charge in [-0.25, -0.2) is 9.97 Å². The largest absolute Gasteiger partial charge is 0.383 e. The van der Waals surface area contributed by atoms with E-state index in [0.717, 1.165) is 21.6 Å². The van der Waals surface area contributed by atoms with E-state index in [-0.39, 0.29) is 0 Å². The number of nitrogens with two attached hydrogens (primary N) is 1. The Balaban J connectivity index is 1.88. The van der Waals surface area contributed by atoms with Gasteiger partial charge in [0.05, 0.1) is 5.39 Å². The van der Waals surface area contributed by atoms with Crippen LogP contribution in [-0.4, -0.2) is 9.97 Å². The van der Waals surface area contributed by atoms with Gasteiger partial charge in [-0.15, -0.1) is 11.3 Å². The second-order valence-electron chi connectivity index (χ2n) is 5.29. The molecule has 0 amide bonds. The van der Waals surface area contributed by atoms with Crippen molar-refractivity contribution < 1.29 is 0 Å². The van der Waals surface area contributed by atoms with E-state index in [4.69, 9.17) is 10.7 Å². The van der Waals surface area contributed by atoms with Crippen LogP contribution in [0.15, 0.2) is 35.7 Å². The Kier molecular flexibility index (Phi) is 2.70. The molecule has 0 atom stereocenters. The summed E-state index contributed by atoms with van der Waals surface area (Å²) >= 11 is 1.66. The lowest BCUT2D eigenvalue weighted by Gasteiger charge is -2.23. The Bertz CT molecular complexity index is 760. The first-order valence-electron chi connectivity index (χ1n) is 6.93. The summed E-state index contributed by atoms with van der Waals surface area (Å²) in [6.07, 6.45) is 3.68. The fourth-order valence-corrected chi connectivity index (χ4v) is 3.63. The van der Waals surface area contributed by atoms with Gasteiger partial charge >= 0.3 is 0 Å². The van der Waals surface area contributed by atoms with Crippen molar-refractivity contribution in [3.05, 3.63) is 41.5 Å². The molecule has 4 rings (SSSR count). The molecule has 0 spiro atoms. The topological polar surface area (TPSA) is 51.8 Å². The molecule has 0 bridgehead atoms. The molecule has 2 heterocycles. The van der Waals surface area contributed by atoms with E-state index in [9.17, 15) is 0 Å². The summed E-state index contributed by atoms with van der Waals surface area (Å²) in [5.74, 6) is 2.07. The van der Waals surface area contributed by atoms with E-state index in [1.54, 1.807) is 11.3 Å². The molecule has 1 aliphatic carbocycles. The summed E-state index contributed by atoms with van der Waals surface area (Å²) in [6.45, 7) is 0. The number of fused-ring (bicyclic) bond motifs is 1. The van der Waals surface area contributed by atoms with Crippen molar-refractivity contribution in [2.24, 2.45) is 0 Å². The van der Waals surface area contributed by atoms with Gasteiger partial charge in [0.25, 0.3) is 0 Å². The summed E-state index contributed by atoms with van der Waals surface area (Å²) in [5, 5.41) is 3.14. The maximum Gasteiger partial charge on any atom is 0.136 e. The second-order valence-corrected chi connectivity index (χ2v) is 6.15. The van der Waals surface area contributed by atoms with Crippen LogP contribution in [0.4, 0.5) is 5.82 Å². The van der Waals surface area contributed by atoms with Gasteiger partial charge in [0.1, 0.15) is 16.5 Å². The molecule has 0 aliphatic heterocycles. The average Bonchev–Trinajstić information content (AvgIpc) is 2.82. The molecule has 3 aromatic rings. The molecule has 0 radical (unpaired) electrons. The molecule has 0 saturated heterocycles. The maximum atomic E-state index is 6.21. The quantitative estimate of drug-likeness (QED) is 0.765. The van der Waals surface area contributed by atoms with Crippen LogP contribution < -0.4 is 5.73 Å². The van der Waals surface area contributed by atoms with Crippen LogP contribution in [0, 0.1) is 0 Å². The summed E-state index contributed by atoms with van der Waals surface area (Å²) in [5.41, 5.74) is 8.53. The van der Waals surface area contributed by atoms with Crippen molar-refractivity contribution in [1.29, 1.82) is 0 Å². The normalized spacial score (nSPS) is 15.4. The zero-order valence-corrected chi connectivity index (χ0v) is 11.9. The third kappa shape index (κ3) is 1.79. The third-order valence-corrected chi connectivity index (χ3v) is 4.91. The number of benzene rings is 1. The molecule has 20 heavy (non-hydrogen) atoms. The number of hydrogen-bond acceptors (Lipinski definition) is 4. The van der Waals surface area contributed by atoms with Crippen molar-refractivity contribution >= 4 is 27.4 Å². The van der Waals surface area contributed by atoms with Crippen LogP contribution in [-0.2, 0) is 0 Å². The van der Waals surface area contributed by atoms with Gasteiger partial charge in [0, 0.05) is 16.9 Å². The highest BCUT2D eigenvalue weighted by Gasteiger charge is 2.24. The molecule has 100 valence electrons. The summed E-state index contributed by atoms with van der Waals surface area (Å²) < 4.78 is 0. The first-order valence-corrected chi connectivity index (χ1v) is 7.81. The van der Waals surface area contributed by atoms with Gasteiger partial charge < -0.3 is 5.73 Å². The first kappa shape index (κ1) is 11.9. The van der Waals surface area contributed by atoms with E-state index in [1.165, 1.54) is 24.8 Å². The minimum atomic E-state index is 0.518. The number of aromatic nitrogens is 2. The van der Waals surface area contributed by atoms with Crippen LogP contribution in [0.3, 0.4) is 0 Å². The zero-order valence-electron chi connectivity index (χ0n) is 11.0. The smallest absolute Gasteiger partial charge is 0.136 e. The highest BCUT2D eigenvalue weighted by molar-refractivity contribution is 7.17. The van der Waals surface area contributed by atoms with E-state index < -0.39 is 0 Å². The Labute approximate surface area is 121 Å². The molecule has 3 nitrogen and oxygen atoms in total. The molecule has 1 aromatic carbocycles. The van der Waals surface area contributed by atoms with Crippen LogP contribution in [0.1, 0.15) is 31.0 Å². The number of hydrogen-bond donors (Lipinski definition) is 1. The minimum Gasteiger partial charge on any atom is -0.383 e. The predicted molar refractivity (Wildman–Crippen MR) is 83.9 cm³/mol. The lowest BCUT2D eigenvalue weighted by molar-refractivity contribution is 0.403. The maximum absolute atomic E-state index is 6.21. The lowest BCUT2D eigenvalue weighted by Crippen LogP contribution is -2.13. The third-order valence-electron chi connectivity index (χ3n) is 4.03. The number of anilines is 1. The highest BCUT2D eigenvalue weighted by atomic mass is 32.1. The SMILES string of the molecule is Nc1nc(C2CCC2)nc2scc(-c3ccccc3)c12. The number of thiophene rings is 1. The van der Waals surface area contributed by atoms with Crippen molar-refractivity contribution in [3.63, 3.8) is 0 Å². The summed E-state index contributed by atoms with van der Waals surface area (Å²) in [7, 11) is 0. The molecule has 1 aliphatic rings. The molecule has 4 heteroatoms. The Morgan fingerprint density at radius 1 is 1.10 bits per heavy atom. The first-order chi connectivity index (χ1) is 9.83. The molecule has 0 unspecified atom stereocenters. The van der Waals surface area contributed by atoms with Gasteiger partial charge in [0.2, 0.25) is 0 Å². The van der Waals surface area contributed by atoms with Crippen LogP contribution >= 0.6 is 11.3 Å². The summed E-state index contributed by atoms with van der Waals surface area (Å²) in [4.78, 5) is 10.3. The zero-order chi connectivity index (χ0) is 13.5. The molecule has 1 saturated carbocycles. The lowest BCUT2D eigenvalue weighted by atomic mass is 9.85. The van der Waals surface area contributed by atoms with Gasteiger partial charge in [-0.05, 0) is 18.4 Å². The van der Waals surface area contributed by atoms with E-state index in [1.807, 2.05) is 18.2 Å². The van der Waals surface area contributed by atoms with Crippen LogP contribution in [0.25, 0.3) is 21.3 Å². The van der Waals surface area contributed by atoms with Crippen LogP contribution in [0.5, 0.6) is 0 Å². The second kappa shape index (κ2) is 4.56. The fraction of sp³-hybridized carbons (Fsp3) is 0.250. The van der Waals surface area contributed by atoms with Crippen molar-refractivity contribution in [2.75, 3.05) is 5.73 Å². The average molecular weight is 281 g/mol. The van der Waals surface area contributed by atoms with Crippen molar-refractivity contribution in [2.45, 2.75) is 25.2 Å². The number of nitrogens with zero attached hydrogens (tertiary/aromatic N) is 2. The van der Waals surface area contributed by atoms with E-state index >= 15 is 0 Å². The number of rotatable bonds is 2. The Morgan fingerprint density at radius 2 is 1.90 bits per heavy atom. The Hall–Kier alpha value is -1.94. The van der Waals surface area contributed by atoms with Gasteiger partial charge in [0.15, 0.2) is 0 Å². The predicted octanol–water partition coefficient (Wildman–Crippen LogP) is 4.21. The van der Waals surface area contributed by atoms with E-state index in [2.05, 4.69) is 22.5 Å². The molecular weight excluding hydrogens is 266 g/mol. The molecular formula is C16H15N3S. The fourth-order valence-electron chi connectivity index (χ4n) is 2.67. The van der Waals surface area contributed by atoms with Crippen LogP contribution in [0.2, 0.25) is 0 Å².